The number of unbranched alkanes of at least 4 members (excludes halogenated alkanes) is 1. The number of aliphatic imine (C=N–C) groups is 1. The van der Waals surface area contributed by atoms with Crippen molar-refractivity contribution in [2.75, 3.05) is 53.0 Å². The number of amides is 1. The first kappa shape index (κ1) is 25.6. The Labute approximate surface area is 199 Å². The molecule has 0 aromatic carbocycles. The van der Waals surface area contributed by atoms with Crippen LogP contribution in [0.4, 0.5) is 0 Å². The van der Waals surface area contributed by atoms with E-state index in [0.717, 1.165) is 64.4 Å². The van der Waals surface area contributed by atoms with Crippen molar-refractivity contribution < 1.29 is 14.3 Å². The molecule has 0 radical (unpaired) electrons. The molecule has 1 amide bonds. The van der Waals surface area contributed by atoms with Crippen molar-refractivity contribution in [1.82, 2.24) is 15.1 Å². The summed E-state index contributed by atoms with van der Waals surface area (Å²) in [6, 6.07) is 0.375. The molecule has 0 aromatic heterocycles. The van der Waals surface area contributed by atoms with Crippen LogP contribution in [0.2, 0.25) is 0 Å². The van der Waals surface area contributed by atoms with E-state index >= 15 is 0 Å². The van der Waals surface area contributed by atoms with Crippen LogP contribution in [0, 0.1) is 11.3 Å². The van der Waals surface area contributed by atoms with Gasteiger partial charge in [-0.15, -0.1) is 24.0 Å². The number of morpholine rings is 1. The van der Waals surface area contributed by atoms with E-state index in [1.54, 1.807) is 0 Å². The van der Waals surface area contributed by atoms with Crippen molar-refractivity contribution in [2.45, 2.75) is 65.0 Å². The Bertz CT molecular complexity index is 573. The average Bonchev–Trinajstić information content (AvgIpc) is 2.75. The molecule has 1 aliphatic carbocycles. The van der Waals surface area contributed by atoms with Crippen LogP contribution in [0.5, 0.6) is 0 Å². The maximum atomic E-state index is 12.8. The molecule has 2 aliphatic heterocycles. The molecule has 2 saturated heterocycles. The fourth-order valence-electron chi connectivity index (χ4n) is 4.62. The third kappa shape index (κ3) is 6.00. The summed E-state index contributed by atoms with van der Waals surface area (Å²) >= 11 is 0. The molecule has 7 nitrogen and oxygen atoms in total. The second-order valence-electron chi connectivity index (χ2n) is 9.21. The zero-order valence-electron chi connectivity index (χ0n) is 19.2. The van der Waals surface area contributed by atoms with E-state index in [-0.39, 0.29) is 35.3 Å². The van der Waals surface area contributed by atoms with Gasteiger partial charge >= 0.3 is 0 Å². The van der Waals surface area contributed by atoms with Crippen LogP contribution in [0.1, 0.15) is 52.9 Å². The number of rotatable bonds is 6. The first-order valence-electron chi connectivity index (χ1n) is 11.4. The number of carbonyl (C=O) groups excluding carboxylic acids is 1. The van der Waals surface area contributed by atoms with Gasteiger partial charge in [-0.05, 0) is 25.7 Å². The lowest BCUT2D eigenvalue weighted by Crippen LogP contribution is -2.64. The highest BCUT2D eigenvalue weighted by atomic mass is 127. The highest BCUT2D eigenvalue weighted by molar-refractivity contribution is 14.0. The van der Waals surface area contributed by atoms with Crippen LogP contribution in [-0.2, 0) is 14.3 Å². The Balaban J connectivity index is 0.00000320. The molecule has 8 heteroatoms. The van der Waals surface area contributed by atoms with Crippen molar-refractivity contribution in [3.63, 3.8) is 0 Å². The van der Waals surface area contributed by atoms with E-state index < -0.39 is 0 Å². The van der Waals surface area contributed by atoms with E-state index in [2.05, 4.69) is 36.0 Å². The highest BCUT2D eigenvalue weighted by Crippen LogP contribution is 2.43. The Morgan fingerprint density at radius 1 is 1.17 bits per heavy atom. The first-order chi connectivity index (χ1) is 14.0. The quantitative estimate of drug-likeness (QED) is 0.245. The van der Waals surface area contributed by atoms with Crippen molar-refractivity contribution in [3.05, 3.63) is 0 Å². The molecular weight excluding hydrogens is 495 g/mol. The third-order valence-corrected chi connectivity index (χ3v) is 6.98. The summed E-state index contributed by atoms with van der Waals surface area (Å²) in [5, 5.41) is 3.67. The Morgan fingerprint density at radius 3 is 2.40 bits per heavy atom. The van der Waals surface area contributed by atoms with Crippen molar-refractivity contribution >= 4 is 35.8 Å². The molecule has 2 atom stereocenters. The number of ether oxygens (including phenoxy) is 2. The molecule has 1 N–H and O–H groups in total. The van der Waals surface area contributed by atoms with Gasteiger partial charge in [0.2, 0.25) is 5.91 Å². The Hall–Kier alpha value is -0.610. The second-order valence-corrected chi connectivity index (χ2v) is 9.21. The van der Waals surface area contributed by atoms with Crippen molar-refractivity contribution in [1.29, 1.82) is 0 Å². The van der Waals surface area contributed by atoms with Crippen molar-refractivity contribution in [3.8, 4) is 0 Å². The van der Waals surface area contributed by atoms with Gasteiger partial charge in [-0.25, -0.2) is 0 Å². The van der Waals surface area contributed by atoms with E-state index in [9.17, 15) is 4.79 Å². The van der Waals surface area contributed by atoms with Gasteiger partial charge in [0.25, 0.3) is 0 Å². The van der Waals surface area contributed by atoms with E-state index in [4.69, 9.17) is 9.47 Å². The number of carbonyl (C=O) groups is 1. The standard InChI is InChI=1S/C22H40N4O3.HI/c1-5-6-13-29-19-16-18(22(19,2)3)24-21(23-4)26-9-7-17(8-10-26)20(27)25-11-14-28-15-12-25;/h17-19H,5-16H2,1-4H3,(H,23,24);1H. The predicted octanol–water partition coefficient (Wildman–Crippen LogP) is 2.73. The molecule has 3 fully saturated rings. The largest absolute Gasteiger partial charge is 0.378 e. The number of hydrogen-bond acceptors (Lipinski definition) is 4. The Morgan fingerprint density at radius 2 is 1.83 bits per heavy atom. The van der Waals surface area contributed by atoms with E-state index in [1.165, 1.54) is 6.42 Å². The predicted molar refractivity (Wildman–Crippen MR) is 130 cm³/mol. The molecule has 1 saturated carbocycles. The summed E-state index contributed by atoms with van der Waals surface area (Å²) in [4.78, 5) is 21.6. The van der Waals surface area contributed by atoms with Gasteiger partial charge in [-0.2, -0.15) is 0 Å². The maximum absolute atomic E-state index is 12.8. The molecule has 3 rings (SSSR count). The first-order valence-corrected chi connectivity index (χ1v) is 11.4. The van der Waals surface area contributed by atoms with Crippen LogP contribution < -0.4 is 5.32 Å². The second kappa shape index (κ2) is 11.9. The SMILES string of the molecule is CCCCOC1CC(NC(=NC)N2CCC(C(=O)N3CCOCC3)CC2)C1(C)C.I. The van der Waals surface area contributed by atoms with Crippen LogP contribution in [0.25, 0.3) is 0 Å². The number of hydrogen-bond donors (Lipinski definition) is 1. The van der Waals surface area contributed by atoms with Gasteiger partial charge in [0.1, 0.15) is 0 Å². The zero-order chi connectivity index (χ0) is 20.9. The number of nitrogens with zero attached hydrogens (tertiary/aromatic N) is 3. The molecule has 3 aliphatic rings. The molecule has 0 aromatic rings. The topological polar surface area (TPSA) is 66.4 Å². The fourth-order valence-corrected chi connectivity index (χ4v) is 4.62. The van der Waals surface area contributed by atoms with E-state index in [1.807, 2.05) is 11.9 Å². The number of guanidine groups is 1. The third-order valence-electron chi connectivity index (χ3n) is 6.98. The number of likely N-dealkylation sites (tertiary alicyclic amines) is 1. The zero-order valence-corrected chi connectivity index (χ0v) is 21.5. The highest BCUT2D eigenvalue weighted by Gasteiger charge is 2.49. The summed E-state index contributed by atoms with van der Waals surface area (Å²) < 4.78 is 11.4. The fraction of sp³-hybridized carbons (Fsp3) is 0.909. The molecule has 2 heterocycles. The summed E-state index contributed by atoms with van der Waals surface area (Å²) in [6.07, 6.45) is 5.44. The van der Waals surface area contributed by atoms with Crippen LogP contribution in [0.3, 0.4) is 0 Å². The molecule has 0 spiro atoms. The van der Waals surface area contributed by atoms with Gasteiger partial charge in [0.15, 0.2) is 5.96 Å². The maximum Gasteiger partial charge on any atom is 0.225 e. The summed E-state index contributed by atoms with van der Waals surface area (Å²) in [5.74, 6) is 1.41. The molecule has 30 heavy (non-hydrogen) atoms. The monoisotopic (exact) mass is 536 g/mol. The van der Waals surface area contributed by atoms with Gasteiger partial charge in [0, 0.05) is 57.2 Å². The summed E-state index contributed by atoms with van der Waals surface area (Å²) in [5.41, 5.74) is 0.105. The number of nitrogens with one attached hydrogen (secondary N) is 1. The van der Waals surface area contributed by atoms with Gasteiger partial charge in [-0.1, -0.05) is 27.2 Å². The average molecular weight is 536 g/mol. The smallest absolute Gasteiger partial charge is 0.225 e. The van der Waals surface area contributed by atoms with Gasteiger partial charge in [-0.3, -0.25) is 9.79 Å². The summed E-state index contributed by atoms with van der Waals surface area (Å²) in [7, 11) is 1.86. The minimum Gasteiger partial charge on any atom is -0.378 e. The summed E-state index contributed by atoms with van der Waals surface area (Å²) in [6.45, 7) is 12.2. The lowest BCUT2D eigenvalue weighted by atomic mass is 9.64. The normalized spacial score (nSPS) is 27.3. The minimum atomic E-state index is 0. The van der Waals surface area contributed by atoms with Crippen molar-refractivity contribution in [2.24, 2.45) is 16.3 Å². The van der Waals surface area contributed by atoms with Crippen LogP contribution in [-0.4, -0.2) is 86.9 Å². The van der Waals surface area contributed by atoms with Crippen LogP contribution in [0.15, 0.2) is 4.99 Å². The minimum absolute atomic E-state index is 0. The Kier molecular flexibility index (Phi) is 10.1. The van der Waals surface area contributed by atoms with Crippen LogP contribution >= 0.6 is 24.0 Å². The number of piperidine rings is 1. The number of halogens is 1. The molecule has 0 bridgehead atoms. The van der Waals surface area contributed by atoms with Gasteiger partial charge < -0.3 is 24.6 Å². The lowest BCUT2D eigenvalue weighted by molar-refractivity contribution is -0.140. The van der Waals surface area contributed by atoms with E-state index in [0.29, 0.717) is 31.3 Å². The molecule has 174 valence electrons. The lowest BCUT2D eigenvalue weighted by Gasteiger charge is -2.52. The molecule has 2 unspecified atom stereocenters. The molecular formula is C22H41IN4O3. The van der Waals surface area contributed by atoms with Gasteiger partial charge in [0.05, 0.1) is 19.3 Å².